The largest absolute Gasteiger partial charge is 0.381 e. The minimum Gasteiger partial charge on any atom is -0.381 e. The Hall–Kier alpha value is -1.02. The fourth-order valence-electron chi connectivity index (χ4n) is 6.52. The molecule has 2 saturated heterocycles. The molecule has 5 rings (SSSR count). The van der Waals surface area contributed by atoms with Crippen LogP contribution in [-0.4, -0.2) is 30.1 Å². The summed E-state index contributed by atoms with van der Waals surface area (Å²) in [7, 11) is 0. The minimum absolute atomic E-state index is 0.408. The Kier molecular flexibility index (Phi) is 2.41. The van der Waals surface area contributed by atoms with E-state index in [0.717, 1.165) is 23.8 Å². The van der Waals surface area contributed by atoms with Crippen LogP contribution < -0.4 is 5.32 Å². The van der Waals surface area contributed by atoms with Crippen LogP contribution in [0.4, 0.5) is 5.69 Å². The van der Waals surface area contributed by atoms with Gasteiger partial charge in [0.2, 0.25) is 0 Å². The van der Waals surface area contributed by atoms with Crippen LogP contribution in [0.3, 0.4) is 0 Å². The lowest BCUT2D eigenvalue weighted by molar-refractivity contribution is -0.0128. The van der Waals surface area contributed by atoms with Crippen LogP contribution in [0.2, 0.25) is 0 Å². The van der Waals surface area contributed by atoms with Gasteiger partial charge in [0.05, 0.1) is 0 Å². The number of benzene rings is 1. The van der Waals surface area contributed by atoms with E-state index < -0.39 is 0 Å². The van der Waals surface area contributed by atoms with Gasteiger partial charge in [0.1, 0.15) is 0 Å². The van der Waals surface area contributed by atoms with Gasteiger partial charge in [-0.25, -0.2) is 0 Å². The van der Waals surface area contributed by atoms with Crippen molar-refractivity contribution in [3.8, 4) is 0 Å². The predicted octanol–water partition coefficient (Wildman–Crippen LogP) is 3.49. The Labute approximate surface area is 127 Å². The second kappa shape index (κ2) is 4.04. The number of para-hydroxylation sites is 1. The van der Waals surface area contributed by atoms with E-state index in [2.05, 4.69) is 48.3 Å². The molecule has 1 saturated carbocycles. The maximum atomic E-state index is 3.95. The van der Waals surface area contributed by atoms with Crippen molar-refractivity contribution in [3.63, 3.8) is 0 Å². The Morgan fingerprint density at radius 2 is 2.19 bits per heavy atom. The highest BCUT2D eigenvalue weighted by Gasteiger charge is 2.64. The van der Waals surface area contributed by atoms with Crippen molar-refractivity contribution in [2.75, 3.05) is 18.4 Å². The first-order valence-electron chi connectivity index (χ1n) is 8.86. The standard InChI is InChI=1S/C19H26N2/c1-3-13-11-21-9-8-19-15-6-4-5-7-16(15)20-18(19)12(2)14(13)10-17(19)21/h4-7,12-14,17-18,20H,3,8-11H2,1-2H3/t12?,13?,14-,17+,18?,19+/m0/s1. The topological polar surface area (TPSA) is 15.3 Å². The smallest absolute Gasteiger partial charge is 0.0402 e. The second-order valence-corrected chi connectivity index (χ2v) is 7.90. The van der Waals surface area contributed by atoms with Gasteiger partial charge < -0.3 is 5.32 Å². The maximum absolute atomic E-state index is 3.95. The summed E-state index contributed by atoms with van der Waals surface area (Å²) in [6.07, 6.45) is 4.15. The molecular weight excluding hydrogens is 256 g/mol. The molecule has 1 aromatic rings. The van der Waals surface area contributed by atoms with Crippen LogP contribution >= 0.6 is 0 Å². The van der Waals surface area contributed by atoms with Crippen LogP contribution in [0.5, 0.6) is 0 Å². The minimum atomic E-state index is 0.408. The van der Waals surface area contributed by atoms with Gasteiger partial charge in [-0.05, 0) is 48.8 Å². The maximum Gasteiger partial charge on any atom is 0.0402 e. The highest BCUT2D eigenvalue weighted by atomic mass is 15.2. The summed E-state index contributed by atoms with van der Waals surface area (Å²) < 4.78 is 0. The van der Waals surface area contributed by atoms with Crippen LogP contribution in [0.15, 0.2) is 24.3 Å². The third-order valence-corrected chi connectivity index (χ3v) is 7.44. The lowest BCUT2D eigenvalue weighted by Gasteiger charge is -2.56. The van der Waals surface area contributed by atoms with Gasteiger partial charge >= 0.3 is 0 Å². The van der Waals surface area contributed by atoms with Gasteiger partial charge in [0.25, 0.3) is 0 Å². The molecule has 3 heterocycles. The number of hydrogen-bond donors (Lipinski definition) is 1. The van der Waals surface area contributed by atoms with E-state index in [1.165, 1.54) is 38.0 Å². The Balaban J connectivity index is 1.68. The van der Waals surface area contributed by atoms with E-state index >= 15 is 0 Å². The summed E-state index contributed by atoms with van der Waals surface area (Å²) in [6.45, 7) is 7.59. The molecule has 2 heteroatoms. The van der Waals surface area contributed by atoms with Crippen LogP contribution in [0.25, 0.3) is 0 Å². The van der Waals surface area contributed by atoms with Crippen molar-refractivity contribution in [2.24, 2.45) is 17.8 Å². The van der Waals surface area contributed by atoms with E-state index in [1.807, 2.05) is 0 Å². The monoisotopic (exact) mass is 282 g/mol. The van der Waals surface area contributed by atoms with Crippen molar-refractivity contribution >= 4 is 5.69 Å². The van der Waals surface area contributed by atoms with Gasteiger partial charge in [0, 0.05) is 29.7 Å². The van der Waals surface area contributed by atoms with Crippen molar-refractivity contribution in [1.82, 2.24) is 4.90 Å². The van der Waals surface area contributed by atoms with Crippen LogP contribution in [0, 0.1) is 17.8 Å². The third kappa shape index (κ3) is 1.34. The highest BCUT2D eigenvalue weighted by Crippen LogP contribution is 2.61. The average Bonchev–Trinajstić information content (AvgIpc) is 3.07. The molecule has 112 valence electrons. The zero-order valence-electron chi connectivity index (χ0n) is 13.2. The predicted molar refractivity (Wildman–Crippen MR) is 86.6 cm³/mol. The van der Waals surface area contributed by atoms with Gasteiger partial charge in [-0.2, -0.15) is 0 Å². The molecule has 1 spiro atoms. The second-order valence-electron chi connectivity index (χ2n) is 7.90. The average molecular weight is 282 g/mol. The van der Waals surface area contributed by atoms with Gasteiger partial charge in [-0.15, -0.1) is 0 Å². The Morgan fingerprint density at radius 3 is 3.05 bits per heavy atom. The van der Waals surface area contributed by atoms with E-state index in [0.29, 0.717) is 11.5 Å². The quantitative estimate of drug-likeness (QED) is 0.848. The summed E-state index contributed by atoms with van der Waals surface area (Å²) >= 11 is 0. The molecule has 0 radical (unpaired) electrons. The number of hydrogen-bond acceptors (Lipinski definition) is 2. The van der Waals surface area contributed by atoms with Crippen molar-refractivity contribution in [2.45, 2.75) is 50.6 Å². The molecule has 2 bridgehead atoms. The third-order valence-electron chi connectivity index (χ3n) is 7.44. The van der Waals surface area contributed by atoms with E-state index in [-0.39, 0.29) is 0 Å². The first kappa shape index (κ1) is 12.5. The van der Waals surface area contributed by atoms with Crippen molar-refractivity contribution in [3.05, 3.63) is 29.8 Å². The SMILES string of the molecule is CCC1CN2CC[C@]34c5ccccc5NC3C(C)[C@@H]1C[C@@H]24. The van der Waals surface area contributed by atoms with Crippen molar-refractivity contribution in [1.29, 1.82) is 0 Å². The highest BCUT2D eigenvalue weighted by molar-refractivity contribution is 5.64. The van der Waals surface area contributed by atoms with Gasteiger partial charge in [0.15, 0.2) is 0 Å². The van der Waals surface area contributed by atoms with Crippen molar-refractivity contribution < 1.29 is 0 Å². The number of rotatable bonds is 1. The first-order valence-corrected chi connectivity index (χ1v) is 8.86. The zero-order valence-corrected chi connectivity index (χ0v) is 13.2. The molecule has 0 amide bonds. The molecule has 1 N–H and O–H groups in total. The molecule has 3 fully saturated rings. The van der Waals surface area contributed by atoms with Crippen LogP contribution in [-0.2, 0) is 5.41 Å². The summed E-state index contributed by atoms with van der Waals surface area (Å²) in [5.41, 5.74) is 3.46. The summed E-state index contributed by atoms with van der Waals surface area (Å²) in [5.74, 6) is 2.64. The molecule has 0 aromatic heterocycles. The first-order chi connectivity index (χ1) is 10.3. The zero-order chi connectivity index (χ0) is 14.2. The fraction of sp³-hybridized carbons (Fsp3) is 0.684. The van der Waals surface area contributed by atoms with E-state index in [9.17, 15) is 0 Å². The molecule has 4 aliphatic rings. The summed E-state index contributed by atoms with van der Waals surface area (Å²) in [5, 5.41) is 3.95. The molecule has 6 atom stereocenters. The van der Waals surface area contributed by atoms with E-state index in [1.54, 1.807) is 5.56 Å². The lowest BCUT2D eigenvalue weighted by Crippen LogP contribution is -2.63. The van der Waals surface area contributed by atoms with Crippen LogP contribution in [0.1, 0.15) is 38.7 Å². The number of nitrogens with zero attached hydrogens (tertiary/aromatic N) is 1. The number of anilines is 1. The number of piperidine rings is 1. The molecule has 2 nitrogen and oxygen atoms in total. The van der Waals surface area contributed by atoms with Gasteiger partial charge in [-0.1, -0.05) is 38.5 Å². The van der Waals surface area contributed by atoms with Gasteiger partial charge in [-0.3, -0.25) is 4.90 Å². The Bertz CT molecular complexity index is 583. The fourth-order valence-corrected chi connectivity index (χ4v) is 6.52. The molecule has 1 aliphatic carbocycles. The molecular formula is C19H26N2. The molecule has 3 unspecified atom stereocenters. The molecule has 1 aromatic carbocycles. The number of fused-ring (bicyclic) bond motifs is 2. The lowest BCUT2D eigenvalue weighted by atomic mass is 9.55. The molecule has 21 heavy (non-hydrogen) atoms. The molecule has 3 aliphatic heterocycles. The normalized spacial score (nSPS) is 46.9. The summed E-state index contributed by atoms with van der Waals surface area (Å²) in [6, 6.07) is 10.6. The number of nitrogens with one attached hydrogen (secondary N) is 1. The van der Waals surface area contributed by atoms with E-state index in [4.69, 9.17) is 0 Å². The summed E-state index contributed by atoms with van der Waals surface area (Å²) in [4.78, 5) is 2.84. The Morgan fingerprint density at radius 1 is 1.33 bits per heavy atom.